The number of benzene rings is 2. The van der Waals surface area contributed by atoms with Crippen molar-refractivity contribution in [2.24, 2.45) is 0 Å². The third-order valence-corrected chi connectivity index (χ3v) is 7.15. The lowest BCUT2D eigenvalue weighted by atomic mass is 10.0. The Morgan fingerprint density at radius 1 is 1.19 bits per heavy atom. The third-order valence-electron chi connectivity index (χ3n) is 7.15. The second-order valence-electron chi connectivity index (χ2n) is 11.6. The molecule has 1 aliphatic heterocycles. The Hall–Kier alpha value is -4.48. The minimum Gasteiger partial charge on any atom is -0.486 e. The number of likely N-dealkylation sites (N-methyl/N-ethyl adjacent to an activating group) is 1. The molecule has 2 heterocycles. The highest BCUT2D eigenvalue weighted by molar-refractivity contribution is 6.05. The first-order chi connectivity index (χ1) is 19.8. The Kier molecular flexibility index (Phi) is 7.42. The number of halogens is 2. The maximum Gasteiger partial charge on any atom is 0.410 e. The minimum absolute atomic E-state index is 0.00261. The van der Waals surface area contributed by atoms with E-state index in [9.17, 15) is 14.0 Å². The molecule has 42 heavy (non-hydrogen) atoms. The Balaban J connectivity index is 1.36. The predicted molar refractivity (Wildman–Crippen MR) is 152 cm³/mol. The first kappa shape index (κ1) is 29.0. The molecule has 3 N–H and O–H groups in total. The van der Waals surface area contributed by atoms with Crippen molar-refractivity contribution in [2.45, 2.75) is 58.2 Å². The number of nitrogens with one attached hydrogen (secondary N) is 1. The van der Waals surface area contributed by atoms with E-state index in [0.717, 1.165) is 24.5 Å². The quantitative estimate of drug-likeness (QED) is 0.386. The SMILES string of the molecule is Cc1c(NC(=O)c2ccc3c(c2F)OC2(CC2)C3)cc(F)cc1-c1ncnc(N)c1OCCN(C)C(=O)OC(C)(C)C. The summed E-state index contributed by atoms with van der Waals surface area (Å²) in [5.74, 6) is -1.97. The monoisotopic (exact) mass is 581 g/mol. The summed E-state index contributed by atoms with van der Waals surface area (Å²) in [6, 6.07) is 5.47. The molecular formula is C30H33F2N5O5. The van der Waals surface area contributed by atoms with E-state index in [1.165, 1.54) is 23.4 Å². The number of carbonyl (C=O) groups excluding carboxylic acids is 2. The molecule has 1 aromatic heterocycles. The smallest absolute Gasteiger partial charge is 0.410 e. The molecule has 0 unspecified atom stereocenters. The Labute approximate surface area is 242 Å². The summed E-state index contributed by atoms with van der Waals surface area (Å²) in [6.07, 6.45) is 3.02. The van der Waals surface area contributed by atoms with E-state index in [4.69, 9.17) is 19.9 Å². The molecule has 3 aromatic rings. The highest BCUT2D eigenvalue weighted by Gasteiger charge is 2.51. The topological polar surface area (TPSA) is 129 Å². The van der Waals surface area contributed by atoms with Gasteiger partial charge in [0.05, 0.1) is 12.1 Å². The summed E-state index contributed by atoms with van der Waals surface area (Å²) in [5.41, 5.74) is 6.64. The van der Waals surface area contributed by atoms with Gasteiger partial charge in [0.25, 0.3) is 5.91 Å². The molecule has 1 spiro atoms. The Morgan fingerprint density at radius 2 is 1.93 bits per heavy atom. The number of amides is 2. The van der Waals surface area contributed by atoms with Crippen molar-refractivity contribution in [3.63, 3.8) is 0 Å². The lowest BCUT2D eigenvalue weighted by Crippen LogP contribution is -2.36. The highest BCUT2D eigenvalue weighted by atomic mass is 19.1. The first-order valence-corrected chi connectivity index (χ1v) is 13.6. The van der Waals surface area contributed by atoms with Crippen molar-refractivity contribution in [1.29, 1.82) is 0 Å². The van der Waals surface area contributed by atoms with Gasteiger partial charge >= 0.3 is 6.09 Å². The number of ether oxygens (including phenoxy) is 3. The molecule has 5 rings (SSSR count). The summed E-state index contributed by atoms with van der Waals surface area (Å²) in [5, 5.41) is 2.62. The molecule has 1 fully saturated rings. The molecule has 0 saturated heterocycles. The molecule has 222 valence electrons. The maximum absolute atomic E-state index is 15.3. The second kappa shape index (κ2) is 10.7. The second-order valence-corrected chi connectivity index (χ2v) is 11.6. The average Bonchev–Trinajstić information content (AvgIpc) is 3.55. The third kappa shape index (κ3) is 5.93. The molecule has 0 atom stereocenters. The fourth-order valence-electron chi connectivity index (χ4n) is 4.72. The molecule has 1 aliphatic carbocycles. The van der Waals surface area contributed by atoms with Crippen molar-refractivity contribution >= 4 is 23.5 Å². The van der Waals surface area contributed by atoms with Crippen LogP contribution in [0.2, 0.25) is 0 Å². The summed E-state index contributed by atoms with van der Waals surface area (Å²) in [4.78, 5) is 35.0. The molecule has 2 amide bonds. The van der Waals surface area contributed by atoms with Crippen molar-refractivity contribution in [1.82, 2.24) is 14.9 Å². The zero-order valence-corrected chi connectivity index (χ0v) is 24.1. The number of carbonyl (C=O) groups is 2. The van der Waals surface area contributed by atoms with E-state index in [1.807, 2.05) is 0 Å². The number of hydrogen-bond donors (Lipinski definition) is 2. The Bertz CT molecular complexity index is 1570. The average molecular weight is 582 g/mol. The van der Waals surface area contributed by atoms with E-state index >= 15 is 4.39 Å². The molecular weight excluding hydrogens is 548 g/mol. The number of hydrogen-bond acceptors (Lipinski definition) is 8. The van der Waals surface area contributed by atoms with E-state index < -0.39 is 29.2 Å². The van der Waals surface area contributed by atoms with Gasteiger partial charge in [0.1, 0.15) is 35.6 Å². The summed E-state index contributed by atoms with van der Waals surface area (Å²) >= 11 is 0. The fourth-order valence-corrected chi connectivity index (χ4v) is 4.72. The molecule has 12 heteroatoms. The van der Waals surface area contributed by atoms with Gasteiger partial charge in [-0.15, -0.1) is 0 Å². The van der Waals surface area contributed by atoms with E-state index in [2.05, 4.69) is 15.3 Å². The number of rotatable bonds is 7. The maximum atomic E-state index is 15.3. The number of anilines is 2. The van der Waals surface area contributed by atoms with Crippen LogP contribution in [0.3, 0.4) is 0 Å². The normalized spacial score (nSPS) is 14.6. The van der Waals surface area contributed by atoms with Crippen molar-refractivity contribution in [3.05, 3.63) is 58.9 Å². The largest absolute Gasteiger partial charge is 0.486 e. The van der Waals surface area contributed by atoms with Gasteiger partial charge in [-0.1, -0.05) is 6.07 Å². The van der Waals surface area contributed by atoms with Crippen molar-refractivity contribution in [3.8, 4) is 22.8 Å². The number of aromatic nitrogens is 2. The van der Waals surface area contributed by atoms with E-state index in [0.29, 0.717) is 12.0 Å². The van der Waals surface area contributed by atoms with E-state index in [-0.39, 0.29) is 58.6 Å². The highest BCUT2D eigenvalue weighted by Crippen LogP contribution is 2.51. The van der Waals surface area contributed by atoms with Crippen LogP contribution >= 0.6 is 0 Å². The van der Waals surface area contributed by atoms with Crippen LogP contribution in [0.25, 0.3) is 11.3 Å². The van der Waals surface area contributed by atoms with Gasteiger partial charge in [-0.05, 0) is 64.3 Å². The molecule has 0 radical (unpaired) electrons. The lowest BCUT2D eigenvalue weighted by Gasteiger charge is -2.24. The number of nitrogens with zero attached hydrogens (tertiary/aromatic N) is 3. The standard InChI is InChI=1S/C30H33F2N5O5/c1-16-20(23-25(26(33)35-15-34-23)40-11-10-37(5)28(39)42-29(2,3)4)12-18(31)13-21(16)36-27(38)19-7-6-17-14-30(8-9-30)41-24(17)22(19)32/h6-7,12-13,15H,8-11,14H2,1-5H3,(H,36,38)(H2,33,34,35). The van der Waals surface area contributed by atoms with Gasteiger partial charge in [0, 0.05) is 30.3 Å². The van der Waals surface area contributed by atoms with Gasteiger partial charge in [0.2, 0.25) is 0 Å². The van der Waals surface area contributed by atoms with Crippen LogP contribution in [-0.2, 0) is 11.2 Å². The van der Waals surface area contributed by atoms with Crippen LogP contribution in [-0.4, -0.2) is 58.3 Å². The van der Waals surface area contributed by atoms with Crippen molar-refractivity contribution < 1.29 is 32.6 Å². The van der Waals surface area contributed by atoms with Gasteiger partial charge in [-0.25, -0.2) is 23.5 Å². The van der Waals surface area contributed by atoms with Crippen LogP contribution in [0.15, 0.2) is 30.6 Å². The van der Waals surface area contributed by atoms with Crippen LogP contribution in [0.4, 0.5) is 25.1 Å². The van der Waals surface area contributed by atoms with Crippen LogP contribution in [0.5, 0.6) is 11.5 Å². The van der Waals surface area contributed by atoms with Crippen LogP contribution < -0.4 is 20.5 Å². The summed E-state index contributed by atoms with van der Waals surface area (Å²) in [6.45, 7) is 7.12. The van der Waals surface area contributed by atoms with E-state index in [1.54, 1.807) is 40.8 Å². The first-order valence-electron chi connectivity index (χ1n) is 13.6. The van der Waals surface area contributed by atoms with Gasteiger partial charge in [0.15, 0.2) is 23.1 Å². The summed E-state index contributed by atoms with van der Waals surface area (Å²) < 4.78 is 47.2. The number of fused-ring (bicyclic) bond motifs is 1. The zero-order valence-electron chi connectivity index (χ0n) is 24.1. The minimum atomic E-state index is -0.751. The van der Waals surface area contributed by atoms with Crippen LogP contribution in [0.1, 0.15) is 55.1 Å². The molecule has 1 saturated carbocycles. The van der Waals surface area contributed by atoms with Gasteiger partial charge < -0.3 is 30.2 Å². The summed E-state index contributed by atoms with van der Waals surface area (Å²) in [7, 11) is 1.56. The molecule has 0 bridgehead atoms. The fraction of sp³-hybridized carbons (Fsp3) is 0.400. The van der Waals surface area contributed by atoms with Gasteiger partial charge in [-0.2, -0.15) is 0 Å². The number of nitrogens with two attached hydrogens (primary N) is 1. The van der Waals surface area contributed by atoms with Gasteiger partial charge in [-0.3, -0.25) is 4.79 Å². The van der Waals surface area contributed by atoms with Crippen molar-refractivity contribution in [2.75, 3.05) is 31.2 Å². The zero-order chi connectivity index (χ0) is 30.4. The number of nitrogen functional groups attached to an aromatic ring is 1. The lowest BCUT2D eigenvalue weighted by molar-refractivity contribution is 0.0278. The molecule has 2 aliphatic rings. The predicted octanol–water partition coefficient (Wildman–Crippen LogP) is 5.28. The Morgan fingerprint density at radius 3 is 2.62 bits per heavy atom. The molecule has 10 nitrogen and oxygen atoms in total. The molecule has 2 aromatic carbocycles. The van der Waals surface area contributed by atoms with Crippen LogP contribution in [0, 0.1) is 18.6 Å².